The van der Waals surface area contributed by atoms with Crippen molar-refractivity contribution in [3.8, 4) is 11.5 Å². The number of hydrogen-bond donors (Lipinski definition) is 1. The van der Waals surface area contributed by atoms with Gasteiger partial charge in [-0.3, -0.25) is 0 Å². The van der Waals surface area contributed by atoms with Crippen LogP contribution >= 0.6 is 27.5 Å². The molecule has 1 heterocycles. The second kappa shape index (κ2) is 6.16. The average Bonchev–Trinajstić information content (AvgIpc) is 2.47. The predicted octanol–water partition coefficient (Wildman–Crippen LogP) is 5.05. The number of ether oxygens (including phenoxy) is 2. The van der Waals surface area contributed by atoms with Crippen LogP contribution < -0.4 is 14.8 Å². The van der Waals surface area contributed by atoms with Gasteiger partial charge in [-0.1, -0.05) is 33.6 Å². The molecule has 1 N–H and O–H groups in total. The number of nitrogens with one attached hydrogen (secondary N) is 1. The third kappa shape index (κ3) is 3.27. The largest absolute Gasteiger partial charge is 0.486 e. The Bertz CT molecular complexity index is 663. The highest BCUT2D eigenvalue weighted by atomic mass is 79.9. The summed E-state index contributed by atoms with van der Waals surface area (Å²) in [5, 5.41) is 4.17. The summed E-state index contributed by atoms with van der Waals surface area (Å²) in [6.07, 6.45) is 0. The third-order valence-electron chi connectivity index (χ3n) is 3.35. The Balaban J connectivity index is 1.79. The molecule has 110 valence electrons. The van der Waals surface area contributed by atoms with E-state index in [1.807, 2.05) is 36.4 Å². The van der Waals surface area contributed by atoms with Gasteiger partial charge in [0.05, 0.1) is 0 Å². The molecular weight excluding hydrogens is 354 g/mol. The highest BCUT2D eigenvalue weighted by Gasteiger charge is 2.14. The van der Waals surface area contributed by atoms with E-state index in [1.54, 1.807) is 0 Å². The molecular formula is C16H15BrClNO2. The zero-order valence-electron chi connectivity index (χ0n) is 11.5. The van der Waals surface area contributed by atoms with Gasteiger partial charge in [0.2, 0.25) is 0 Å². The second-order valence-corrected chi connectivity index (χ2v) is 6.21. The van der Waals surface area contributed by atoms with Crippen molar-refractivity contribution < 1.29 is 9.47 Å². The van der Waals surface area contributed by atoms with Crippen molar-refractivity contribution in [2.75, 3.05) is 18.5 Å². The van der Waals surface area contributed by atoms with Gasteiger partial charge in [0.25, 0.3) is 0 Å². The number of fused-ring (bicyclic) bond motifs is 1. The fourth-order valence-corrected chi connectivity index (χ4v) is 3.15. The molecule has 3 rings (SSSR count). The summed E-state index contributed by atoms with van der Waals surface area (Å²) in [5.74, 6) is 1.57. The van der Waals surface area contributed by atoms with Crippen molar-refractivity contribution in [2.24, 2.45) is 0 Å². The van der Waals surface area contributed by atoms with Gasteiger partial charge in [-0.25, -0.2) is 0 Å². The van der Waals surface area contributed by atoms with E-state index in [2.05, 4.69) is 28.2 Å². The Morgan fingerprint density at radius 1 is 1.10 bits per heavy atom. The lowest BCUT2D eigenvalue weighted by Crippen LogP contribution is -2.15. The zero-order valence-corrected chi connectivity index (χ0v) is 13.9. The van der Waals surface area contributed by atoms with Gasteiger partial charge >= 0.3 is 0 Å². The molecule has 0 fully saturated rings. The van der Waals surface area contributed by atoms with E-state index in [9.17, 15) is 0 Å². The van der Waals surface area contributed by atoms with Crippen LogP contribution in [-0.2, 0) is 0 Å². The first-order chi connectivity index (χ1) is 10.1. The topological polar surface area (TPSA) is 30.5 Å². The molecule has 0 bridgehead atoms. The van der Waals surface area contributed by atoms with Crippen LogP contribution in [0.5, 0.6) is 11.5 Å². The summed E-state index contributed by atoms with van der Waals surface area (Å²) in [4.78, 5) is 0. The molecule has 2 aromatic carbocycles. The molecule has 0 saturated carbocycles. The van der Waals surface area contributed by atoms with Crippen molar-refractivity contribution in [1.29, 1.82) is 0 Å². The molecule has 3 nitrogen and oxygen atoms in total. The van der Waals surface area contributed by atoms with Crippen LogP contribution in [0.15, 0.2) is 40.9 Å². The van der Waals surface area contributed by atoms with Crippen molar-refractivity contribution in [2.45, 2.75) is 13.0 Å². The van der Waals surface area contributed by atoms with Gasteiger partial charge in [-0.15, -0.1) is 0 Å². The molecule has 2 aromatic rings. The standard InChI is InChI=1S/C16H15BrClNO2/c1-10(13-4-2-11(17)8-14(13)18)19-12-3-5-15-16(9-12)21-7-6-20-15/h2-5,8-10,19H,6-7H2,1H3. The minimum Gasteiger partial charge on any atom is -0.486 e. The molecule has 21 heavy (non-hydrogen) atoms. The molecule has 1 atom stereocenters. The van der Waals surface area contributed by atoms with Crippen LogP contribution in [0.4, 0.5) is 5.69 Å². The lowest BCUT2D eigenvalue weighted by molar-refractivity contribution is 0.171. The summed E-state index contributed by atoms with van der Waals surface area (Å²) in [5.41, 5.74) is 2.03. The van der Waals surface area contributed by atoms with Gasteiger partial charge in [0, 0.05) is 27.3 Å². The fourth-order valence-electron chi connectivity index (χ4n) is 2.31. The van der Waals surface area contributed by atoms with Crippen molar-refractivity contribution >= 4 is 33.2 Å². The molecule has 0 radical (unpaired) electrons. The molecule has 0 amide bonds. The maximum Gasteiger partial charge on any atom is 0.163 e. The van der Waals surface area contributed by atoms with Gasteiger partial charge < -0.3 is 14.8 Å². The highest BCUT2D eigenvalue weighted by molar-refractivity contribution is 9.10. The number of rotatable bonds is 3. The molecule has 0 spiro atoms. The van der Waals surface area contributed by atoms with Crippen molar-refractivity contribution in [3.63, 3.8) is 0 Å². The molecule has 1 unspecified atom stereocenters. The van der Waals surface area contributed by atoms with E-state index in [1.165, 1.54) is 0 Å². The van der Waals surface area contributed by atoms with Crippen LogP contribution in [-0.4, -0.2) is 13.2 Å². The summed E-state index contributed by atoms with van der Waals surface area (Å²) >= 11 is 9.71. The summed E-state index contributed by atoms with van der Waals surface area (Å²) < 4.78 is 12.1. The molecule has 0 saturated heterocycles. The van der Waals surface area contributed by atoms with Gasteiger partial charge in [0.15, 0.2) is 11.5 Å². The smallest absolute Gasteiger partial charge is 0.163 e. The number of anilines is 1. The number of benzene rings is 2. The number of halogens is 2. The van der Waals surface area contributed by atoms with E-state index in [0.717, 1.165) is 32.2 Å². The molecule has 5 heteroatoms. The Kier molecular flexibility index (Phi) is 4.27. The quantitative estimate of drug-likeness (QED) is 0.822. The van der Waals surface area contributed by atoms with E-state index in [4.69, 9.17) is 21.1 Å². The van der Waals surface area contributed by atoms with Crippen LogP contribution in [0.3, 0.4) is 0 Å². The van der Waals surface area contributed by atoms with Gasteiger partial charge in [-0.05, 0) is 36.8 Å². The lowest BCUT2D eigenvalue weighted by atomic mass is 10.1. The lowest BCUT2D eigenvalue weighted by Gasteiger charge is -2.21. The zero-order chi connectivity index (χ0) is 14.8. The number of hydrogen-bond acceptors (Lipinski definition) is 3. The normalized spacial score (nSPS) is 14.6. The maximum absolute atomic E-state index is 6.29. The average molecular weight is 369 g/mol. The minimum absolute atomic E-state index is 0.0909. The van der Waals surface area contributed by atoms with E-state index in [-0.39, 0.29) is 6.04 Å². The van der Waals surface area contributed by atoms with Gasteiger partial charge in [0.1, 0.15) is 13.2 Å². The first-order valence-electron chi connectivity index (χ1n) is 6.74. The van der Waals surface area contributed by atoms with Crippen molar-refractivity contribution in [3.05, 3.63) is 51.5 Å². The Morgan fingerprint density at radius 2 is 1.86 bits per heavy atom. The van der Waals surface area contributed by atoms with E-state index >= 15 is 0 Å². The molecule has 1 aliphatic rings. The maximum atomic E-state index is 6.29. The fraction of sp³-hybridized carbons (Fsp3) is 0.250. The van der Waals surface area contributed by atoms with Crippen LogP contribution in [0, 0.1) is 0 Å². The third-order valence-corrected chi connectivity index (χ3v) is 4.17. The first kappa shape index (κ1) is 14.5. The van der Waals surface area contributed by atoms with Crippen LogP contribution in [0.1, 0.15) is 18.5 Å². The molecule has 0 aliphatic carbocycles. The highest BCUT2D eigenvalue weighted by Crippen LogP contribution is 2.34. The SMILES string of the molecule is CC(Nc1ccc2c(c1)OCCO2)c1ccc(Br)cc1Cl. The van der Waals surface area contributed by atoms with E-state index < -0.39 is 0 Å². The molecule has 1 aliphatic heterocycles. The summed E-state index contributed by atoms with van der Waals surface area (Å²) in [7, 11) is 0. The Labute approximate surface area is 137 Å². The first-order valence-corrected chi connectivity index (χ1v) is 7.92. The summed E-state index contributed by atoms with van der Waals surface area (Å²) in [6, 6.07) is 11.9. The second-order valence-electron chi connectivity index (χ2n) is 4.89. The van der Waals surface area contributed by atoms with E-state index in [0.29, 0.717) is 13.2 Å². The van der Waals surface area contributed by atoms with Crippen LogP contribution in [0.2, 0.25) is 5.02 Å². The van der Waals surface area contributed by atoms with Crippen molar-refractivity contribution in [1.82, 2.24) is 0 Å². The molecule has 0 aromatic heterocycles. The summed E-state index contributed by atoms with van der Waals surface area (Å²) in [6.45, 7) is 3.27. The Morgan fingerprint density at radius 3 is 2.62 bits per heavy atom. The Hall–Kier alpha value is -1.39. The minimum atomic E-state index is 0.0909. The van der Waals surface area contributed by atoms with Gasteiger partial charge in [-0.2, -0.15) is 0 Å². The van der Waals surface area contributed by atoms with Crippen LogP contribution in [0.25, 0.3) is 0 Å². The monoisotopic (exact) mass is 367 g/mol. The predicted molar refractivity (Wildman–Crippen MR) is 88.6 cm³/mol.